The number of benzene rings is 1. The van der Waals surface area contributed by atoms with Gasteiger partial charge in [-0.15, -0.1) is 0 Å². The number of nitrogens with zero attached hydrogens (tertiary/aromatic N) is 1. The molecular weight excluding hydrogens is 274 g/mol. The molecule has 0 fully saturated rings. The van der Waals surface area contributed by atoms with Gasteiger partial charge >= 0.3 is 12.0 Å². The summed E-state index contributed by atoms with van der Waals surface area (Å²) in [5.74, 6) is -1.37. The third-order valence-electron chi connectivity index (χ3n) is 3.34. The number of carboxylic acids is 1. The fraction of sp³-hybridized carbons (Fsp3) is 0.357. The smallest absolute Gasteiger partial charge is 0.335 e. The van der Waals surface area contributed by atoms with Gasteiger partial charge in [0.2, 0.25) is 5.91 Å². The zero-order valence-corrected chi connectivity index (χ0v) is 11.5. The molecule has 7 heteroatoms. The Bertz CT molecular complexity index is 586. The number of rotatable bonds is 5. The Morgan fingerprint density at radius 2 is 1.95 bits per heavy atom. The van der Waals surface area contributed by atoms with E-state index in [1.54, 1.807) is 17.0 Å². The molecule has 0 saturated carbocycles. The summed E-state index contributed by atoms with van der Waals surface area (Å²) < 4.78 is 0. The maximum atomic E-state index is 12.0. The summed E-state index contributed by atoms with van der Waals surface area (Å²) in [6, 6.07) is 4.64. The fourth-order valence-electron chi connectivity index (χ4n) is 2.24. The first-order chi connectivity index (χ1) is 9.97. The molecule has 3 amide bonds. The third kappa shape index (κ3) is 3.71. The molecule has 0 saturated heterocycles. The van der Waals surface area contributed by atoms with Crippen LogP contribution in [0.1, 0.15) is 34.3 Å². The maximum absolute atomic E-state index is 12.0. The lowest BCUT2D eigenvalue weighted by atomic mass is 10.1. The van der Waals surface area contributed by atoms with Crippen molar-refractivity contribution >= 4 is 17.9 Å². The Morgan fingerprint density at radius 3 is 2.62 bits per heavy atom. The molecule has 1 aliphatic heterocycles. The van der Waals surface area contributed by atoms with E-state index in [-0.39, 0.29) is 23.9 Å². The van der Waals surface area contributed by atoms with Gasteiger partial charge in [-0.2, -0.15) is 0 Å². The van der Waals surface area contributed by atoms with Crippen molar-refractivity contribution in [2.45, 2.75) is 25.9 Å². The molecule has 4 N–H and O–H groups in total. The Balaban J connectivity index is 1.88. The molecule has 1 aliphatic rings. The van der Waals surface area contributed by atoms with Crippen LogP contribution in [-0.4, -0.2) is 34.5 Å². The summed E-state index contributed by atoms with van der Waals surface area (Å²) in [6.07, 6.45) is 0.744. The number of hydrogen-bond acceptors (Lipinski definition) is 3. The average Bonchev–Trinajstić information content (AvgIpc) is 2.85. The molecule has 0 radical (unpaired) electrons. The van der Waals surface area contributed by atoms with Crippen LogP contribution in [-0.2, 0) is 17.9 Å². The predicted molar refractivity (Wildman–Crippen MR) is 74.5 cm³/mol. The number of hydrogen-bond donors (Lipinski definition) is 3. The first-order valence-corrected chi connectivity index (χ1v) is 6.63. The number of urea groups is 1. The molecule has 0 atom stereocenters. The highest BCUT2D eigenvalue weighted by atomic mass is 16.4. The molecule has 0 unspecified atom stereocenters. The van der Waals surface area contributed by atoms with Gasteiger partial charge in [-0.05, 0) is 29.7 Å². The summed E-state index contributed by atoms with van der Waals surface area (Å²) in [4.78, 5) is 35.1. The average molecular weight is 291 g/mol. The molecule has 112 valence electrons. The predicted octanol–water partition coefficient (Wildman–Crippen LogP) is 0.675. The van der Waals surface area contributed by atoms with Crippen molar-refractivity contribution in [3.63, 3.8) is 0 Å². The van der Waals surface area contributed by atoms with Crippen molar-refractivity contribution in [3.05, 3.63) is 34.9 Å². The molecule has 7 nitrogen and oxygen atoms in total. The third-order valence-corrected chi connectivity index (χ3v) is 3.34. The van der Waals surface area contributed by atoms with E-state index in [1.807, 2.05) is 0 Å². The monoisotopic (exact) mass is 291 g/mol. The summed E-state index contributed by atoms with van der Waals surface area (Å²) in [5, 5.41) is 11.7. The summed E-state index contributed by atoms with van der Waals surface area (Å²) in [5.41, 5.74) is 7.04. The van der Waals surface area contributed by atoms with Crippen LogP contribution in [0.3, 0.4) is 0 Å². The molecule has 0 aliphatic carbocycles. The van der Waals surface area contributed by atoms with Gasteiger partial charge in [-0.3, -0.25) is 4.79 Å². The van der Waals surface area contributed by atoms with Gasteiger partial charge in [0.15, 0.2) is 0 Å². The molecule has 1 heterocycles. The number of carboxylic acid groups (broad SMARTS) is 1. The molecule has 0 spiro atoms. The second-order valence-electron chi connectivity index (χ2n) is 4.95. The summed E-state index contributed by atoms with van der Waals surface area (Å²) in [6.45, 7) is 1.23. The Hall–Kier alpha value is -2.57. The van der Waals surface area contributed by atoms with E-state index in [4.69, 9.17) is 10.8 Å². The minimum absolute atomic E-state index is 0.220. The number of fused-ring (bicyclic) bond motifs is 1. The van der Waals surface area contributed by atoms with Gasteiger partial charge in [0.25, 0.3) is 0 Å². The van der Waals surface area contributed by atoms with Gasteiger partial charge < -0.3 is 21.1 Å². The van der Waals surface area contributed by atoms with E-state index in [1.165, 1.54) is 6.07 Å². The van der Waals surface area contributed by atoms with Crippen LogP contribution in [0.15, 0.2) is 18.2 Å². The van der Waals surface area contributed by atoms with E-state index >= 15 is 0 Å². The lowest BCUT2D eigenvalue weighted by molar-refractivity contribution is -0.118. The van der Waals surface area contributed by atoms with Gasteiger partial charge in [0.05, 0.1) is 5.56 Å². The summed E-state index contributed by atoms with van der Waals surface area (Å²) >= 11 is 0. The van der Waals surface area contributed by atoms with E-state index in [9.17, 15) is 14.4 Å². The Kier molecular flexibility index (Phi) is 4.42. The van der Waals surface area contributed by atoms with Crippen LogP contribution in [0.2, 0.25) is 0 Å². The minimum Gasteiger partial charge on any atom is -0.478 e. The number of aromatic carboxylic acids is 1. The van der Waals surface area contributed by atoms with Crippen LogP contribution in [0.5, 0.6) is 0 Å². The minimum atomic E-state index is -0.979. The topological polar surface area (TPSA) is 113 Å². The number of carbonyl (C=O) groups excluding carboxylic acids is 2. The van der Waals surface area contributed by atoms with Gasteiger partial charge in [-0.1, -0.05) is 6.07 Å². The number of nitrogens with one attached hydrogen (secondary N) is 1. The van der Waals surface area contributed by atoms with Crippen LogP contribution in [0.4, 0.5) is 4.79 Å². The second kappa shape index (κ2) is 6.25. The van der Waals surface area contributed by atoms with E-state index < -0.39 is 5.97 Å². The van der Waals surface area contributed by atoms with Crippen molar-refractivity contribution in [3.8, 4) is 0 Å². The Labute approximate surface area is 121 Å². The lowest BCUT2D eigenvalue weighted by Gasteiger charge is -2.16. The van der Waals surface area contributed by atoms with Crippen molar-refractivity contribution in [2.24, 2.45) is 5.73 Å². The molecule has 1 aromatic carbocycles. The molecule has 1 aromatic rings. The van der Waals surface area contributed by atoms with Crippen LogP contribution >= 0.6 is 0 Å². The number of primary amides is 1. The van der Waals surface area contributed by atoms with E-state index in [2.05, 4.69) is 5.32 Å². The number of nitrogens with two attached hydrogens (primary N) is 1. The first-order valence-electron chi connectivity index (χ1n) is 6.63. The van der Waals surface area contributed by atoms with Crippen molar-refractivity contribution in [1.82, 2.24) is 10.2 Å². The molecule has 2 rings (SSSR count). The Morgan fingerprint density at radius 1 is 1.24 bits per heavy atom. The first kappa shape index (κ1) is 14.8. The van der Waals surface area contributed by atoms with Crippen molar-refractivity contribution in [1.29, 1.82) is 0 Å². The zero-order valence-electron chi connectivity index (χ0n) is 11.5. The second-order valence-corrected chi connectivity index (χ2v) is 4.95. The fourth-order valence-corrected chi connectivity index (χ4v) is 2.24. The van der Waals surface area contributed by atoms with E-state index in [0.717, 1.165) is 11.1 Å². The van der Waals surface area contributed by atoms with Crippen molar-refractivity contribution < 1.29 is 19.5 Å². The maximum Gasteiger partial charge on any atom is 0.335 e. The summed E-state index contributed by atoms with van der Waals surface area (Å²) in [7, 11) is 0. The van der Waals surface area contributed by atoms with Gasteiger partial charge in [-0.25, -0.2) is 9.59 Å². The zero-order chi connectivity index (χ0) is 15.4. The SMILES string of the molecule is NC(=O)CCCNC(=O)N1Cc2ccc(C(=O)O)cc2C1. The molecular formula is C14H17N3O4. The highest BCUT2D eigenvalue weighted by Gasteiger charge is 2.23. The quantitative estimate of drug-likeness (QED) is 0.692. The number of carbonyl (C=O) groups is 3. The largest absolute Gasteiger partial charge is 0.478 e. The highest BCUT2D eigenvalue weighted by Crippen LogP contribution is 2.23. The molecule has 0 aromatic heterocycles. The molecule has 0 bridgehead atoms. The van der Waals surface area contributed by atoms with E-state index in [0.29, 0.717) is 26.1 Å². The van der Waals surface area contributed by atoms with Crippen LogP contribution in [0.25, 0.3) is 0 Å². The van der Waals surface area contributed by atoms with Crippen molar-refractivity contribution in [2.75, 3.05) is 6.54 Å². The van der Waals surface area contributed by atoms with Crippen LogP contribution < -0.4 is 11.1 Å². The standard InChI is InChI=1S/C14H17N3O4/c15-12(18)2-1-5-16-14(21)17-7-10-4-3-9(13(19)20)6-11(10)8-17/h3-4,6H,1-2,5,7-8H2,(H2,15,18)(H,16,21)(H,19,20). The highest BCUT2D eigenvalue weighted by molar-refractivity contribution is 5.88. The van der Waals surface area contributed by atoms with Gasteiger partial charge in [0, 0.05) is 26.1 Å². The van der Waals surface area contributed by atoms with Crippen LogP contribution in [0, 0.1) is 0 Å². The molecule has 21 heavy (non-hydrogen) atoms. The lowest BCUT2D eigenvalue weighted by Crippen LogP contribution is -2.37. The normalized spacial score (nSPS) is 12.9. The number of amides is 3. The van der Waals surface area contributed by atoms with Gasteiger partial charge in [0.1, 0.15) is 0 Å².